The van der Waals surface area contributed by atoms with E-state index in [9.17, 15) is 4.79 Å². The van der Waals surface area contributed by atoms with Gasteiger partial charge in [0.25, 0.3) is 0 Å². The predicted molar refractivity (Wildman–Crippen MR) is 107 cm³/mol. The van der Waals surface area contributed by atoms with Crippen LogP contribution in [0.2, 0.25) is 0 Å². The Kier molecular flexibility index (Phi) is 4.55. The monoisotopic (exact) mass is 378 g/mol. The fourth-order valence-electron chi connectivity index (χ4n) is 3.64. The maximum Gasteiger partial charge on any atom is 0.351 e. The lowest BCUT2D eigenvalue weighted by Crippen LogP contribution is -2.28. The highest BCUT2D eigenvalue weighted by Gasteiger charge is 2.22. The number of fused-ring (bicyclic) bond motifs is 3. The van der Waals surface area contributed by atoms with Gasteiger partial charge in [0.1, 0.15) is 5.75 Å². The van der Waals surface area contributed by atoms with Crippen molar-refractivity contribution in [1.29, 1.82) is 0 Å². The molecule has 0 bridgehead atoms. The number of aromatic nitrogens is 2. The highest BCUT2D eigenvalue weighted by atomic mass is 16.5. The molecule has 6 nitrogen and oxygen atoms in total. The summed E-state index contributed by atoms with van der Waals surface area (Å²) in [5, 5.41) is 0. The van der Waals surface area contributed by atoms with Crippen molar-refractivity contribution < 1.29 is 14.2 Å². The Morgan fingerprint density at radius 3 is 2.36 bits per heavy atom. The largest absolute Gasteiger partial charge is 0.493 e. The van der Waals surface area contributed by atoms with Crippen LogP contribution in [0.1, 0.15) is 16.7 Å². The zero-order valence-corrected chi connectivity index (χ0v) is 16.4. The third-order valence-corrected chi connectivity index (χ3v) is 5.09. The van der Waals surface area contributed by atoms with Crippen LogP contribution in [0, 0.1) is 13.8 Å². The van der Waals surface area contributed by atoms with Crippen molar-refractivity contribution in [1.82, 2.24) is 9.55 Å². The van der Waals surface area contributed by atoms with E-state index in [1.807, 2.05) is 50.2 Å². The molecule has 4 rings (SSSR count). The van der Waals surface area contributed by atoms with E-state index in [0.29, 0.717) is 18.0 Å². The lowest BCUT2D eigenvalue weighted by atomic mass is 9.97. The van der Waals surface area contributed by atoms with E-state index in [1.54, 1.807) is 18.8 Å². The van der Waals surface area contributed by atoms with Crippen LogP contribution in [0.25, 0.3) is 11.3 Å². The molecule has 0 atom stereocenters. The lowest BCUT2D eigenvalue weighted by molar-refractivity contribution is 0.354. The summed E-state index contributed by atoms with van der Waals surface area (Å²) >= 11 is 0. The number of hydrogen-bond donors (Lipinski definition) is 0. The van der Waals surface area contributed by atoms with Gasteiger partial charge >= 0.3 is 5.69 Å². The minimum Gasteiger partial charge on any atom is -0.493 e. The van der Waals surface area contributed by atoms with Crippen molar-refractivity contribution in [2.45, 2.75) is 26.8 Å². The normalized spacial score (nSPS) is 12.1. The minimum absolute atomic E-state index is 0.288. The van der Waals surface area contributed by atoms with Crippen molar-refractivity contribution in [2.24, 2.45) is 0 Å². The van der Waals surface area contributed by atoms with Crippen LogP contribution in [0.3, 0.4) is 0 Å². The predicted octanol–water partition coefficient (Wildman–Crippen LogP) is 3.89. The smallest absolute Gasteiger partial charge is 0.351 e. The van der Waals surface area contributed by atoms with E-state index in [4.69, 9.17) is 14.2 Å². The van der Waals surface area contributed by atoms with Crippen LogP contribution in [-0.2, 0) is 13.0 Å². The van der Waals surface area contributed by atoms with Crippen LogP contribution < -0.4 is 19.9 Å². The summed E-state index contributed by atoms with van der Waals surface area (Å²) < 4.78 is 18.6. The van der Waals surface area contributed by atoms with Crippen LogP contribution in [0.15, 0.2) is 41.2 Å². The molecule has 0 aliphatic carbocycles. The quantitative estimate of drug-likeness (QED) is 0.689. The average Bonchev–Trinajstić information content (AvgIpc) is 2.69. The van der Waals surface area contributed by atoms with Gasteiger partial charge in [0, 0.05) is 18.2 Å². The standard InChI is InChI=1S/C22H22N2O4/c1-13-6-5-7-14(2)21(13)28-20-12-17-16-11-19(27-4)18(26-3)10-15(16)8-9-24(17)22(25)23-20/h5-7,10-12H,8-9H2,1-4H3. The van der Waals surface area contributed by atoms with Crippen LogP contribution in [-0.4, -0.2) is 23.8 Å². The summed E-state index contributed by atoms with van der Waals surface area (Å²) in [6.07, 6.45) is 0.724. The van der Waals surface area contributed by atoms with Gasteiger partial charge in [-0.15, -0.1) is 0 Å². The van der Waals surface area contributed by atoms with Gasteiger partial charge in [-0.25, -0.2) is 4.79 Å². The SMILES string of the molecule is COc1cc2c(cc1OC)-c1cc(Oc3c(C)cccc3C)nc(=O)n1CC2. The molecule has 0 saturated heterocycles. The molecule has 144 valence electrons. The number of rotatable bonds is 4. The van der Waals surface area contributed by atoms with Crippen LogP contribution in [0.4, 0.5) is 0 Å². The summed E-state index contributed by atoms with van der Waals surface area (Å²) in [5.74, 6) is 2.31. The number of methoxy groups -OCH3 is 2. The summed E-state index contributed by atoms with van der Waals surface area (Å²) in [5.41, 5.74) is 4.46. The van der Waals surface area contributed by atoms with Gasteiger partial charge < -0.3 is 14.2 Å². The Balaban J connectivity index is 1.84. The van der Waals surface area contributed by atoms with E-state index in [0.717, 1.165) is 40.1 Å². The number of para-hydroxylation sites is 1. The number of ether oxygens (including phenoxy) is 3. The highest BCUT2D eigenvalue weighted by Crippen LogP contribution is 2.39. The number of hydrogen-bond acceptors (Lipinski definition) is 5. The van der Waals surface area contributed by atoms with Crippen molar-refractivity contribution in [3.05, 3.63) is 63.6 Å². The molecule has 2 heterocycles. The fourth-order valence-corrected chi connectivity index (χ4v) is 3.64. The minimum atomic E-state index is -0.320. The van der Waals surface area contributed by atoms with E-state index >= 15 is 0 Å². The molecule has 3 aromatic rings. The summed E-state index contributed by atoms with van der Waals surface area (Å²) in [7, 11) is 3.22. The van der Waals surface area contributed by atoms with E-state index < -0.39 is 0 Å². The molecular weight excluding hydrogens is 356 g/mol. The summed E-state index contributed by atoms with van der Waals surface area (Å²) in [4.78, 5) is 16.8. The average molecular weight is 378 g/mol. The Morgan fingerprint density at radius 1 is 1.00 bits per heavy atom. The second-order valence-electron chi connectivity index (χ2n) is 6.85. The van der Waals surface area contributed by atoms with E-state index in [2.05, 4.69) is 4.98 Å². The number of benzene rings is 2. The van der Waals surface area contributed by atoms with Gasteiger partial charge in [-0.05, 0) is 49.1 Å². The molecule has 1 aromatic heterocycles. The first-order valence-corrected chi connectivity index (χ1v) is 9.13. The highest BCUT2D eigenvalue weighted by molar-refractivity contribution is 5.70. The molecule has 0 fully saturated rings. The first kappa shape index (κ1) is 18.1. The molecule has 0 spiro atoms. The second kappa shape index (κ2) is 7.03. The number of aryl methyl sites for hydroxylation is 3. The maximum absolute atomic E-state index is 12.6. The van der Waals surface area contributed by atoms with Crippen LogP contribution >= 0.6 is 0 Å². The van der Waals surface area contributed by atoms with Crippen molar-refractivity contribution in [3.8, 4) is 34.4 Å². The zero-order chi connectivity index (χ0) is 19.8. The van der Waals surface area contributed by atoms with Gasteiger partial charge in [0.2, 0.25) is 5.88 Å². The molecule has 6 heteroatoms. The Hall–Kier alpha value is -3.28. The molecule has 0 saturated carbocycles. The van der Waals surface area contributed by atoms with Gasteiger partial charge in [-0.2, -0.15) is 4.98 Å². The topological polar surface area (TPSA) is 62.6 Å². The second-order valence-corrected chi connectivity index (χ2v) is 6.85. The lowest BCUT2D eigenvalue weighted by Gasteiger charge is -2.23. The van der Waals surface area contributed by atoms with Gasteiger partial charge in [0.15, 0.2) is 11.5 Å². The maximum atomic E-state index is 12.6. The van der Waals surface area contributed by atoms with E-state index in [-0.39, 0.29) is 11.6 Å². The molecule has 28 heavy (non-hydrogen) atoms. The van der Waals surface area contributed by atoms with Gasteiger partial charge in [-0.1, -0.05) is 18.2 Å². The van der Waals surface area contributed by atoms with Crippen molar-refractivity contribution in [2.75, 3.05) is 14.2 Å². The molecule has 1 aliphatic rings. The third-order valence-electron chi connectivity index (χ3n) is 5.09. The molecule has 0 unspecified atom stereocenters. The third kappa shape index (κ3) is 3.01. The first-order valence-electron chi connectivity index (χ1n) is 9.13. The molecule has 2 aromatic carbocycles. The Morgan fingerprint density at radius 2 is 1.68 bits per heavy atom. The Labute approximate surface area is 163 Å². The van der Waals surface area contributed by atoms with Crippen molar-refractivity contribution in [3.63, 3.8) is 0 Å². The summed E-state index contributed by atoms with van der Waals surface area (Å²) in [6, 6.07) is 11.6. The fraction of sp³-hybridized carbons (Fsp3) is 0.273. The van der Waals surface area contributed by atoms with Gasteiger partial charge in [-0.3, -0.25) is 4.57 Å². The Bertz CT molecular complexity index is 1100. The molecule has 0 radical (unpaired) electrons. The molecule has 0 amide bonds. The summed E-state index contributed by atoms with van der Waals surface area (Å²) in [6.45, 7) is 4.51. The van der Waals surface area contributed by atoms with Crippen LogP contribution in [0.5, 0.6) is 23.1 Å². The van der Waals surface area contributed by atoms with Crippen molar-refractivity contribution >= 4 is 0 Å². The van der Waals surface area contributed by atoms with E-state index in [1.165, 1.54) is 0 Å². The zero-order valence-electron chi connectivity index (χ0n) is 16.4. The van der Waals surface area contributed by atoms with Gasteiger partial charge in [0.05, 0.1) is 19.9 Å². The molecule has 1 aliphatic heterocycles. The molecule has 0 N–H and O–H groups in total. The number of nitrogens with zero attached hydrogens (tertiary/aromatic N) is 2. The molecular formula is C22H22N2O4. The first-order chi connectivity index (χ1) is 13.5.